The van der Waals surface area contributed by atoms with E-state index in [0.717, 1.165) is 17.2 Å². The quantitative estimate of drug-likeness (QED) is 0.586. The van der Waals surface area contributed by atoms with Crippen LogP contribution in [0.2, 0.25) is 0 Å². The summed E-state index contributed by atoms with van der Waals surface area (Å²) in [5, 5.41) is 11.5. The third-order valence-electron chi connectivity index (χ3n) is 2.30. The summed E-state index contributed by atoms with van der Waals surface area (Å²) in [6, 6.07) is 6.55. The van der Waals surface area contributed by atoms with Gasteiger partial charge in [0.05, 0.1) is 16.5 Å². The Balaban J connectivity index is 2.21. The minimum Gasteiger partial charge on any atom is -0.276 e. The monoisotopic (exact) mass is 236 g/mol. The van der Waals surface area contributed by atoms with Gasteiger partial charge in [0.15, 0.2) is 0 Å². The number of aliphatic imine (C=N–C) groups is 1. The fourth-order valence-corrected chi connectivity index (χ4v) is 2.50. The maximum Gasteiger partial charge on any atom is 0.269 e. The summed E-state index contributed by atoms with van der Waals surface area (Å²) in [6.45, 7) is 5.07. The van der Waals surface area contributed by atoms with Crippen LogP contribution in [0.5, 0.6) is 0 Å². The molecule has 1 heterocycles. The highest BCUT2D eigenvalue weighted by Crippen LogP contribution is 2.34. The van der Waals surface area contributed by atoms with Gasteiger partial charge in [0.1, 0.15) is 0 Å². The van der Waals surface area contributed by atoms with Crippen molar-refractivity contribution in [2.75, 3.05) is 6.54 Å². The van der Waals surface area contributed by atoms with E-state index in [2.05, 4.69) is 18.8 Å². The van der Waals surface area contributed by atoms with Crippen molar-refractivity contribution in [3.63, 3.8) is 0 Å². The second-order valence-corrected chi connectivity index (χ2v) is 5.98. The van der Waals surface area contributed by atoms with E-state index in [1.807, 2.05) is 0 Å². The normalized spacial score (nSPS) is 18.2. The molecule has 0 atom stereocenters. The van der Waals surface area contributed by atoms with Crippen LogP contribution in [0.4, 0.5) is 5.69 Å². The molecule has 1 aromatic rings. The molecule has 84 valence electrons. The molecule has 0 amide bonds. The lowest BCUT2D eigenvalue weighted by molar-refractivity contribution is -0.384. The largest absolute Gasteiger partial charge is 0.276 e. The summed E-state index contributed by atoms with van der Waals surface area (Å²) in [5.41, 5.74) is 1.08. The first kappa shape index (κ1) is 11.1. The summed E-state index contributed by atoms with van der Waals surface area (Å²) >= 11 is 1.72. The van der Waals surface area contributed by atoms with Crippen LogP contribution < -0.4 is 0 Å². The lowest BCUT2D eigenvalue weighted by atomic mass is 10.2. The molecule has 16 heavy (non-hydrogen) atoms. The predicted molar refractivity (Wildman–Crippen MR) is 66.2 cm³/mol. The van der Waals surface area contributed by atoms with E-state index in [4.69, 9.17) is 0 Å². The number of nitro benzene ring substituents is 1. The Morgan fingerprint density at radius 2 is 2.00 bits per heavy atom. The third kappa shape index (κ3) is 2.24. The lowest BCUT2D eigenvalue weighted by Gasteiger charge is -2.13. The molecule has 0 aromatic heterocycles. The zero-order chi connectivity index (χ0) is 11.8. The average Bonchev–Trinajstić information content (AvgIpc) is 2.59. The lowest BCUT2D eigenvalue weighted by Crippen LogP contribution is -2.14. The van der Waals surface area contributed by atoms with Gasteiger partial charge in [-0.2, -0.15) is 0 Å². The van der Waals surface area contributed by atoms with E-state index in [1.165, 1.54) is 12.1 Å². The summed E-state index contributed by atoms with van der Waals surface area (Å²) in [6.07, 6.45) is 0. The van der Waals surface area contributed by atoms with Gasteiger partial charge in [0.25, 0.3) is 5.69 Å². The van der Waals surface area contributed by atoms with Crippen LogP contribution in [-0.2, 0) is 0 Å². The molecule has 0 radical (unpaired) electrons. The molecule has 0 unspecified atom stereocenters. The Bertz CT molecular complexity index is 452. The van der Waals surface area contributed by atoms with Gasteiger partial charge in [-0.1, -0.05) is 11.8 Å². The van der Waals surface area contributed by atoms with Crippen LogP contribution in [0.15, 0.2) is 29.3 Å². The molecular weight excluding hydrogens is 224 g/mol. The van der Waals surface area contributed by atoms with Gasteiger partial charge >= 0.3 is 0 Å². The molecule has 0 fully saturated rings. The summed E-state index contributed by atoms with van der Waals surface area (Å²) in [5.74, 6) is 0. The fourth-order valence-electron chi connectivity index (χ4n) is 1.46. The summed E-state index contributed by atoms with van der Waals surface area (Å²) in [4.78, 5) is 14.6. The van der Waals surface area contributed by atoms with Crippen LogP contribution in [0, 0.1) is 10.1 Å². The summed E-state index contributed by atoms with van der Waals surface area (Å²) < 4.78 is 0.136. The number of benzene rings is 1. The first-order chi connectivity index (χ1) is 7.48. The molecule has 5 heteroatoms. The molecule has 4 nitrogen and oxygen atoms in total. The Labute approximate surface area is 97.9 Å². The van der Waals surface area contributed by atoms with Crippen LogP contribution in [-0.4, -0.2) is 21.3 Å². The van der Waals surface area contributed by atoms with E-state index in [9.17, 15) is 10.1 Å². The number of hydrogen-bond donors (Lipinski definition) is 0. The third-order valence-corrected chi connectivity index (χ3v) is 3.54. The molecule has 2 rings (SSSR count). The smallest absolute Gasteiger partial charge is 0.269 e. The highest BCUT2D eigenvalue weighted by Gasteiger charge is 2.27. The van der Waals surface area contributed by atoms with Crippen LogP contribution in [0.25, 0.3) is 0 Å². The Morgan fingerprint density at radius 1 is 1.38 bits per heavy atom. The molecule has 0 saturated carbocycles. The molecular formula is C11H12N2O2S. The Morgan fingerprint density at radius 3 is 2.44 bits per heavy atom. The van der Waals surface area contributed by atoms with Crippen molar-refractivity contribution in [3.8, 4) is 0 Å². The zero-order valence-electron chi connectivity index (χ0n) is 9.14. The minimum absolute atomic E-state index is 0.117. The highest BCUT2D eigenvalue weighted by molar-refractivity contribution is 8.15. The van der Waals surface area contributed by atoms with E-state index in [0.29, 0.717) is 0 Å². The molecule has 0 bridgehead atoms. The molecule has 0 N–H and O–H groups in total. The fraction of sp³-hybridized carbons (Fsp3) is 0.364. The van der Waals surface area contributed by atoms with Gasteiger partial charge in [0.2, 0.25) is 0 Å². The van der Waals surface area contributed by atoms with Crippen molar-refractivity contribution in [1.82, 2.24) is 0 Å². The predicted octanol–water partition coefficient (Wildman–Crippen LogP) is 2.87. The van der Waals surface area contributed by atoms with Gasteiger partial charge in [-0.05, 0) is 26.0 Å². The summed E-state index contributed by atoms with van der Waals surface area (Å²) in [7, 11) is 0. The number of nitrogens with zero attached hydrogens (tertiary/aromatic N) is 2. The van der Waals surface area contributed by atoms with Crippen molar-refractivity contribution in [3.05, 3.63) is 39.9 Å². The molecule has 1 aliphatic rings. The standard InChI is InChI=1S/C11H12N2O2S/c1-11(2)7-12-10(16-11)8-3-5-9(6-4-8)13(14)15/h3-6H,7H2,1-2H3. The molecule has 1 aliphatic heterocycles. The SMILES string of the molecule is CC1(C)CN=C(c2ccc([N+](=O)[O-])cc2)S1. The Hall–Kier alpha value is -1.36. The molecule has 1 aromatic carbocycles. The average molecular weight is 236 g/mol. The second-order valence-electron chi connectivity index (χ2n) is 4.29. The van der Waals surface area contributed by atoms with E-state index in [1.54, 1.807) is 23.9 Å². The Kier molecular flexibility index (Phi) is 2.71. The number of rotatable bonds is 2. The van der Waals surface area contributed by atoms with Gasteiger partial charge in [0, 0.05) is 22.4 Å². The topological polar surface area (TPSA) is 55.5 Å². The molecule has 0 aliphatic carbocycles. The maximum absolute atomic E-state index is 10.5. The number of nitro groups is 1. The highest BCUT2D eigenvalue weighted by atomic mass is 32.2. The van der Waals surface area contributed by atoms with E-state index in [-0.39, 0.29) is 10.4 Å². The number of hydrogen-bond acceptors (Lipinski definition) is 4. The van der Waals surface area contributed by atoms with Crippen molar-refractivity contribution >= 4 is 22.5 Å². The van der Waals surface area contributed by atoms with Gasteiger partial charge < -0.3 is 0 Å². The first-order valence-corrected chi connectivity index (χ1v) is 5.78. The second kappa shape index (κ2) is 3.90. The minimum atomic E-state index is -0.392. The van der Waals surface area contributed by atoms with Crippen LogP contribution in [0.3, 0.4) is 0 Å². The molecule has 0 saturated heterocycles. The number of thioether (sulfide) groups is 1. The van der Waals surface area contributed by atoms with Crippen molar-refractivity contribution in [1.29, 1.82) is 0 Å². The van der Waals surface area contributed by atoms with Gasteiger partial charge in [-0.25, -0.2) is 0 Å². The van der Waals surface area contributed by atoms with Crippen LogP contribution >= 0.6 is 11.8 Å². The van der Waals surface area contributed by atoms with Gasteiger partial charge in [-0.3, -0.25) is 15.1 Å². The molecule has 0 spiro atoms. The van der Waals surface area contributed by atoms with Crippen molar-refractivity contribution in [2.45, 2.75) is 18.6 Å². The number of non-ortho nitro benzene ring substituents is 1. The zero-order valence-corrected chi connectivity index (χ0v) is 9.95. The first-order valence-electron chi connectivity index (χ1n) is 4.96. The van der Waals surface area contributed by atoms with Crippen molar-refractivity contribution < 1.29 is 4.92 Å². The van der Waals surface area contributed by atoms with Crippen molar-refractivity contribution in [2.24, 2.45) is 4.99 Å². The van der Waals surface area contributed by atoms with Crippen LogP contribution in [0.1, 0.15) is 19.4 Å². The van der Waals surface area contributed by atoms with E-state index >= 15 is 0 Å². The van der Waals surface area contributed by atoms with E-state index < -0.39 is 4.92 Å². The van der Waals surface area contributed by atoms with Gasteiger partial charge in [-0.15, -0.1) is 0 Å². The maximum atomic E-state index is 10.5.